The van der Waals surface area contributed by atoms with Gasteiger partial charge in [-0.05, 0) is 38.8 Å². The van der Waals surface area contributed by atoms with Gasteiger partial charge in [-0.25, -0.2) is 9.97 Å². The molecule has 0 fully saturated rings. The van der Waals surface area contributed by atoms with Crippen LogP contribution in [0.5, 0.6) is 0 Å². The lowest BCUT2D eigenvalue weighted by Crippen LogP contribution is -2.16. The highest BCUT2D eigenvalue weighted by atomic mass is 79.9. The number of nitrogens with two attached hydrogens (primary N) is 1. The quantitative estimate of drug-likeness (QED) is 0.742. The summed E-state index contributed by atoms with van der Waals surface area (Å²) < 4.78 is 0.971. The number of aryl methyl sites for hydroxylation is 1. The van der Waals surface area contributed by atoms with Crippen LogP contribution >= 0.6 is 31.9 Å². The first-order valence-electron chi connectivity index (χ1n) is 4.79. The minimum Gasteiger partial charge on any atom is -0.395 e. The number of aromatic amines is 1. The van der Waals surface area contributed by atoms with Crippen LogP contribution in [0.3, 0.4) is 0 Å². The summed E-state index contributed by atoms with van der Waals surface area (Å²) in [7, 11) is 0. The van der Waals surface area contributed by atoms with E-state index in [0.29, 0.717) is 26.4 Å². The van der Waals surface area contributed by atoms with Crippen molar-refractivity contribution in [3.8, 4) is 0 Å². The minimum absolute atomic E-state index is 0.129. The Bertz CT molecular complexity index is 611. The molecule has 18 heavy (non-hydrogen) atoms. The average Bonchev–Trinajstić information content (AvgIpc) is 2.64. The molecule has 2 aromatic heterocycles. The first-order chi connectivity index (χ1) is 8.49. The Morgan fingerprint density at radius 3 is 2.78 bits per heavy atom. The number of hydrogen-bond donors (Lipinski definition) is 3. The lowest BCUT2D eigenvalue weighted by Gasteiger charge is -2.04. The monoisotopic (exact) mass is 374 g/mol. The fourth-order valence-corrected chi connectivity index (χ4v) is 2.12. The van der Waals surface area contributed by atoms with Gasteiger partial charge >= 0.3 is 0 Å². The van der Waals surface area contributed by atoms with Crippen molar-refractivity contribution in [3.63, 3.8) is 0 Å². The molecule has 0 atom stereocenters. The van der Waals surface area contributed by atoms with Crippen LogP contribution in [-0.2, 0) is 0 Å². The number of amides is 1. The number of nitrogen functional groups attached to an aromatic ring is 1. The van der Waals surface area contributed by atoms with Crippen LogP contribution < -0.4 is 11.1 Å². The number of H-pyrrole nitrogens is 1. The smallest absolute Gasteiger partial charge is 0.279 e. The number of rotatable bonds is 2. The number of anilines is 2. The van der Waals surface area contributed by atoms with Crippen molar-refractivity contribution in [1.29, 1.82) is 0 Å². The second-order valence-corrected chi connectivity index (χ2v) is 4.96. The molecule has 2 rings (SSSR count). The van der Waals surface area contributed by atoms with Gasteiger partial charge in [-0.2, -0.15) is 5.10 Å². The number of hydrogen-bond acceptors (Lipinski definition) is 5. The first kappa shape index (κ1) is 13.0. The summed E-state index contributed by atoms with van der Waals surface area (Å²) in [5.74, 6) is -0.155. The highest BCUT2D eigenvalue weighted by molar-refractivity contribution is 9.11. The van der Waals surface area contributed by atoms with Gasteiger partial charge in [0.15, 0.2) is 11.5 Å². The van der Waals surface area contributed by atoms with Gasteiger partial charge in [-0.1, -0.05) is 0 Å². The van der Waals surface area contributed by atoms with Crippen molar-refractivity contribution in [1.82, 2.24) is 20.2 Å². The maximum Gasteiger partial charge on any atom is 0.279 e. The van der Waals surface area contributed by atoms with Gasteiger partial charge in [0.1, 0.15) is 9.21 Å². The maximum absolute atomic E-state index is 11.9. The van der Waals surface area contributed by atoms with E-state index < -0.39 is 5.91 Å². The second-order valence-electron chi connectivity index (χ2n) is 3.40. The molecule has 2 heterocycles. The molecule has 7 nitrogen and oxygen atoms in total. The number of carbonyl (C=O) groups is 1. The third kappa shape index (κ3) is 2.51. The van der Waals surface area contributed by atoms with Crippen LogP contribution in [0.1, 0.15) is 16.2 Å². The van der Waals surface area contributed by atoms with Crippen LogP contribution in [0.25, 0.3) is 0 Å². The number of nitrogens with one attached hydrogen (secondary N) is 2. The molecule has 0 radical (unpaired) electrons. The molecule has 0 aliphatic heterocycles. The van der Waals surface area contributed by atoms with E-state index in [2.05, 4.69) is 57.3 Å². The molecule has 1 amide bonds. The van der Waals surface area contributed by atoms with E-state index in [1.807, 2.05) is 0 Å². The molecule has 0 saturated carbocycles. The van der Waals surface area contributed by atoms with Gasteiger partial charge in [-0.15, -0.1) is 0 Å². The van der Waals surface area contributed by atoms with Crippen LogP contribution in [-0.4, -0.2) is 26.1 Å². The summed E-state index contributed by atoms with van der Waals surface area (Å²) in [6.07, 6.45) is 1.47. The minimum atomic E-state index is -0.450. The van der Waals surface area contributed by atoms with Gasteiger partial charge in [-0.3, -0.25) is 9.89 Å². The molecule has 2 aromatic rings. The van der Waals surface area contributed by atoms with Crippen LogP contribution in [0.4, 0.5) is 11.5 Å². The van der Waals surface area contributed by atoms with Gasteiger partial charge in [0.05, 0.1) is 17.6 Å². The average molecular weight is 376 g/mol. The third-order valence-corrected chi connectivity index (χ3v) is 3.08. The van der Waals surface area contributed by atoms with Gasteiger partial charge in [0.2, 0.25) is 0 Å². The van der Waals surface area contributed by atoms with E-state index in [0.717, 1.165) is 0 Å². The highest BCUT2D eigenvalue weighted by Gasteiger charge is 2.17. The number of aromatic nitrogens is 4. The normalized spacial score (nSPS) is 10.4. The summed E-state index contributed by atoms with van der Waals surface area (Å²) in [6, 6.07) is 0. The van der Waals surface area contributed by atoms with Crippen molar-refractivity contribution in [2.75, 3.05) is 11.1 Å². The van der Waals surface area contributed by atoms with Crippen LogP contribution in [0, 0.1) is 6.92 Å². The Hall–Kier alpha value is -1.48. The highest BCUT2D eigenvalue weighted by Crippen LogP contribution is 2.21. The zero-order valence-corrected chi connectivity index (χ0v) is 12.3. The summed E-state index contributed by atoms with van der Waals surface area (Å²) in [5, 5.41) is 9.03. The summed E-state index contributed by atoms with van der Waals surface area (Å²) in [5.41, 5.74) is 6.79. The van der Waals surface area contributed by atoms with Crippen molar-refractivity contribution in [3.05, 3.63) is 26.8 Å². The number of nitrogens with zero attached hydrogens (tertiary/aromatic N) is 3. The Kier molecular flexibility index (Phi) is 3.62. The molecular weight excluding hydrogens is 368 g/mol. The zero-order chi connectivity index (χ0) is 13.3. The lowest BCUT2D eigenvalue weighted by atomic mass is 10.3. The van der Waals surface area contributed by atoms with Crippen LogP contribution in [0.15, 0.2) is 15.4 Å². The van der Waals surface area contributed by atoms with Crippen molar-refractivity contribution >= 4 is 49.3 Å². The molecule has 0 bridgehead atoms. The molecular formula is C9H8Br2N6O. The van der Waals surface area contributed by atoms with Crippen molar-refractivity contribution < 1.29 is 4.79 Å². The van der Waals surface area contributed by atoms with E-state index >= 15 is 0 Å². The van der Waals surface area contributed by atoms with Crippen molar-refractivity contribution in [2.45, 2.75) is 6.92 Å². The molecule has 0 aliphatic carbocycles. The second kappa shape index (κ2) is 5.02. The standard InChI is InChI=1S/C9H8Br2N6O/c1-3-5(12)6(17-16-3)9(18)15-8-7(11)14-4(10)2-13-8/h2H,12H2,1H3,(H,16,17)(H,13,15,18). The van der Waals surface area contributed by atoms with Crippen LogP contribution in [0.2, 0.25) is 0 Å². The van der Waals surface area contributed by atoms with E-state index in [9.17, 15) is 4.79 Å². The topological polar surface area (TPSA) is 110 Å². The third-order valence-electron chi connectivity index (χ3n) is 2.14. The fraction of sp³-hybridized carbons (Fsp3) is 0.111. The summed E-state index contributed by atoms with van der Waals surface area (Å²) >= 11 is 6.36. The Morgan fingerprint density at radius 1 is 1.50 bits per heavy atom. The molecule has 0 aromatic carbocycles. The summed E-state index contributed by atoms with van der Waals surface area (Å²) in [6.45, 7) is 1.73. The Labute approximate surface area is 119 Å². The Balaban J connectivity index is 2.24. The molecule has 4 N–H and O–H groups in total. The maximum atomic E-state index is 11.9. The predicted molar refractivity (Wildman–Crippen MR) is 73.1 cm³/mol. The van der Waals surface area contributed by atoms with E-state index in [-0.39, 0.29) is 5.69 Å². The molecule has 94 valence electrons. The van der Waals surface area contributed by atoms with Gasteiger partial charge in [0, 0.05) is 0 Å². The predicted octanol–water partition coefficient (Wildman–Crippen LogP) is 1.87. The molecule has 0 spiro atoms. The zero-order valence-electron chi connectivity index (χ0n) is 9.16. The van der Waals surface area contributed by atoms with Gasteiger partial charge in [0.25, 0.3) is 5.91 Å². The molecule has 0 unspecified atom stereocenters. The summed E-state index contributed by atoms with van der Waals surface area (Å²) in [4.78, 5) is 20.0. The number of halogens is 2. The molecule has 0 aliphatic rings. The Morgan fingerprint density at radius 2 is 2.22 bits per heavy atom. The first-order valence-corrected chi connectivity index (χ1v) is 6.37. The SMILES string of the molecule is Cc1[nH]nc(C(=O)Nc2ncc(Br)nc2Br)c1N. The lowest BCUT2D eigenvalue weighted by molar-refractivity contribution is 0.102. The largest absolute Gasteiger partial charge is 0.395 e. The number of carbonyl (C=O) groups excluding carboxylic acids is 1. The molecule has 9 heteroatoms. The fourth-order valence-electron chi connectivity index (χ4n) is 1.21. The van der Waals surface area contributed by atoms with E-state index in [1.165, 1.54) is 6.20 Å². The molecule has 0 saturated heterocycles. The van der Waals surface area contributed by atoms with E-state index in [4.69, 9.17) is 5.73 Å². The van der Waals surface area contributed by atoms with Crippen molar-refractivity contribution in [2.24, 2.45) is 0 Å². The van der Waals surface area contributed by atoms with E-state index in [1.54, 1.807) is 6.92 Å². The van der Waals surface area contributed by atoms with Gasteiger partial charge < -0.3 is 11.1 Å².